The molecule has 2 aromatic rings. The van der Waals surface area contributed by atoms with E-state index in [2.05, 4.69) is 27.8 Å². The lowest BCUT2D eigenvalue weighted by molar-refractivity contribution is -0.00488. The molecule has 2 aliphatic rings. The van der Waals surface area contributed by atoms with E-state index in [1.807, 2.05) is 6.20 Å². The van der Waals surface area contributed by atoms with E-state index in [0.717, 1.165) is 37.1 Å². The first-order valence-corrected chi connectivity index (χ1v) is 9.23. The third kappa shape index (κ3) is 3.40. The summed E-state index contributed by atoms with van der Waals surface area (Å²) in [6, 6.07) is 4.46. The third-order valence-corrected chi connectivity index (χ3v) is 5.92. The van der Waals surface area contributed by atoms with Crippen molar-refractivity contribution in [2.24, 2.45) is 11.8 Å². The highest BCUT2D eigenvalue weighted by Gasteiger charge is 2.43. The summed E-state index contributed by atoms with van der Waals surface area (Å²) in [7, 11) is 1.78. The lowest BCUT2D eigenvalue weighted by Gasteiger charge is -2.37. The van der Waals surface area contributed by atoms with Crippen molar-refractivity contribution in [1.29, 1.82) is 0 Å². The maximum atomic E-state index is 13.5. The first-order chi connectivity index (χ1) is 12.5. The summed E-state index contributed by atoms with van der Waals surface area (Å²) in [6.07, 6.45) is 6.20. The Hall–Kier alpha value is -1.79. The Bertz CT molecular complexity index is 778. The fourth-order valence-corrected chi connectivity index (χ4v) is 4.66. The number of likely N-dealkylation sites (tertiary alicyclic amines) is 1. The van der Waals surface area contributed by atoms with Crippen LogP contribution in [0.2, 0.25) is 0 Å². The maximum absolute atomic E-state index is 13.5. The number of aryl methyl sites for hydroxylation is 1. The molecule has 2 fully saturated rings. The molecule has 1 saturated heterocycles. The largest absolute Gasteiger partial charge is 0.379 e. The average Bonchev–Trinajstić information content (AvgIpc) is 3.22. The number of benzene rings is 1. The van der Waals surface area contributed by atoms with Gasteiger partial charge in [-0.2, -0.15) is 5.10 Å². The van der Waals surface area contributed by atoms with Crippen LogP contribution >= 0.6 is 0 Å². The van der Waals surface area contributed by atoms with E-state index in [9.17, 15) is 8.78 Å². The van der Waals surface area contributed by atoms with E-state index in [-0.39, 0.29) is 12.1 Å². The van der Waals surface area contributed by atoms with Gasteiger partial charge in [-0.25, -0.2) is 8.78 Å². The molecule has 0 unspecified atom stereocenters. The zero-order chi connectivity index (χ0) is 18.3. The zero-order valence-corrected chi connectivity index (χ0v) is 15.2. The Morgan fingerprint density at radius 3 is 2.58 bits per heavy atom. The molecule has 1 aromatic heterocycles. The number of methoxy groups -OCH3 is 1. The highest BCUT2D eigenvalue weighted by molar-refractivity contribution is 5.18. The summed E-state index contributed by atoms with van der Waals surface area (Å²) in [5, 5.41) is 4.50. The van der Waals surface area contributed by atoms with Gasteiger partial charge in [0.2, 0.25) is 0 Å². The number of hydrogen-bond donors (Lipinski definition) is 0. The van der Waals surface area contributed by atoms with Gasteiger partial charge in [0.15, 0.2) is 11.6 Å². The van der Waals surface area contributed by atoms with Gasteiger partial charge in [-0.05, 0) is 54.9 Å². The molecular formula is C20H25F2N3O. The Morgan fingerprint density at radius 2 is 1.92 bits per heavy atom. The zero-order valence-electron chi connectivity index (χ0n) is 15.2. The van der Waals surface area contributed by atoms with Gasteiger partial charge in [0.25, 0.3) is 0 Å². The van der Waals surface area contributed by atoms with Crippen LogP contribution in [0.5, 0.6) is 0 Å². The third-order valence-electron chi connectivity index (χ3n) is 5.92. The van der Waals surface area contributed by atoms with Crippen LogP contribution in [0.3, 0.4) is 0 Å². The van der Waals surface area contributed by atoms with Gasteiger partial charge in [0.1, 0.15) is 0 Å². The van der Waals surface area contributed by atoms with Gasteiger partial charge in [-0.3, -0.25) is 9.58 Å². The fraction of sp³-hybridized carbons (Fsp3) is 0.550. The van der Waals surface area contributed by atoms with Crippen molar-refractivity contribution in [2.45, 2.75) is 38.5 Å². The van der Waals surface area contributed by atoms with Gasteiger partial charge >= 0.3 is 0 Å². The number of ether oxygens (including phenoxy) is 1. The van der Waals surface area contributed by atoms with E-state index >= 15 is 0 Å². The second-order valence-corrected chi connectivity index (χ2v) is 7.77. The number of fused-ring (bicyclic) bond motifs is 1. The summed E-state index contributed by atoms with van der Waals surface area (Å²) in [6.45, 7) is 4.68. The Balaban J connectivity index is 1.45. The SMILES string of the molecule is CO[C@H]1C[C@@H]2CN(Cc3ccc(F)c(F)c3)C[C@@H]2C[C@@H]1n1cc(C)cn1. The molecule has 1 aliphatic heterocycles. The Kier molecular flexibility index (Phi) is 4.80. The Labute approximate surface area is 152 Å². The molecule has 4 atom stereocenters. The molecule has 4 nitrogen and oxygen atoms in total. The monoisotopic (exact) mass is 361 g/mol. The first-order valence-electron chi connectivity index (χ1n) is 9.23. The molecule has 2 heterocycles. The van der Waals surface area contributed by atoms with Crippen molar-refractivity contribution in [1.82, 2.24) is 14.7 Å². The standard InChI is InChI=1S/C20H25F2N3O/c1-13-8-23-25(9-13)19-6-15-11-24(12-16(15)7-20(19)26-2)10-14-3-4-17(21)18(22)5-14/h3-5,8-9,15-16,19-20H,6-7,10-12H2,1-2H3/t15-,16+,19-,20-/m0/s1. The van der Waals surface area contributed by atoms with E-state index in [0.29, 0.717) is 18.4 Å². The van der Waals surface area contributed by atoms with E-state index < -0.39 is 11.6 Å². The van der Waals surface area contributed by atoms with Gasteiger partial charge in [0, 0.05) is 32.9 Å². The molecule has 0 N–H and O–H groups in total. The molecule has 0 radical (unpaired) electrons. The van der Waals surface area contributed by atoms with Gasteiger partial charge in [-0.1, -0.05) is 6.07 Å². The highest BCUT2D eigenvalue weighted by atomic mass is 19.2. The van der Waals surface area contributed by atoms with Crippen LogP contribution in [0.1, 0.15) is 30.0 Å². The van der Waals surface area contributed by atoms with Gasteiger partial charge in [-0.15, -0.1) is 0 Å². The molecular weight excluding hydrogens is 336 g/mol. The molecule has 140 valence electrons. The summed E-state index contributed by atoms with van der Waals surface area (Å²) in [5.74, 6) is -0.392. The highest BCUT2D eigenvalue weighted by Crippen LogP contribution is 2.42. The topological polar surface area (TPSA) is 30.3 Å². The number of aromatic nitrogens is 2. The van der Waals surface area contributed by atoms with Crippen LogP contribution < -0.4 is 0 Å². The molecule has 0 amide bonds. The lowest BCUT2D eigenvalue weighted by atomic mass is 9.77. The van der Waals surface area contributed by atoms with Gasteiger partial charge in [0.05, 0.1) is 18.3 Å². The van der Waals surface area contributed by atoms with Crippen LogP contribution in [-0.2, 0) is 11.3 Å². The average molecular weight is 361 g/mol. The minimum atomic E-state index is -0.788. The minimum absolute atomic E-state index is 0.166. The number of halogens is 2. The van der Waals surface area contributed by atoms with Crippen LogP contribution in [0.4, 0.5) is 8.78 Å². The molecule has 0 spiro atoms. The lowest BCUT2D eigenvalue weighted by Crippen LogP contribution is -2.37. The first kappa shape index (κ1) is 17.6. The molecule has 1 aliphatic carbocycles. The molecule has 1 aromatic carbocycles. The molecule has 1 saturated carbocycles. The van der Waals surface area contributed by atoms with Crippen molar-refractivity contribution in [3.8, 4) is 0 Å². The molecule has 26 heavy (non-hydrogen) atoms. The fourth-order valence-electron chi connectivity index (χ4n) is 4.66. The van der Waals surface area contributed by atoms with Crippen molar-refractivity contribution in [2.75, 3.05) is 20.2 Å². The second kappa shape index (κ2) is 7.08. The van der Waals surface area contributed by atoms with Crippen LogP contribution in [-0.4, -0.2) is 41.0 Å². The van der Waals surface area contributed by atoms with Crippen molar-refractivity contribution in [3.63, 3.8) is 0 Å². The van der Waals surface area contributed by atoms with Crippen molar-refractivity contribution < 1.29 is 13.5 Å². The molecule has 0 bridgehead atoms. The predicted octanol–water partition coefficient (Wildman–Crippen LogP) is 3.57. The van der Waals surface area contributed by atoms with E-state index in [1.165, 1.54) is 12.1 Å². The summed E-state index contributed by atoms with van der Waals surface area (Å²) < 4.78 is 34.4. The number of rotatable bonds is 4. The van der Waals surface area contributed by atoms with E-state index in [1.54, 1.807) is 13.2 Å². The Morgan fingerprint density at radius 1 is 1.15 bits per heavy atom. The van der Waals surface area contributed by atoms with Crippen molar-refractivity contribution >= 4 is 0 Å². The second-order valence-electron chi connectivity index (χ2n) is 7.77. The maximum Gasteiger partial charge on any atom is 0.159 e. The minimum Gasteiger partial charge on any atom is -0.379 e. The summed E-state index contributed by atoms with van der Waals surface area (Å²) in [4.78, 5) is 2.35. The van der Waals surface area contributed by atoms with Gasteiger partial charge < -0.3 is 4.74 Å². The quantitative estimate of drug-likeness (QED) is 0.834. The van der Waals surface area contributed by atoms with Crippen molar-refractivity contribution in [3.05, 3.63) is 53.4 Å². The summed E-state index contributed by atoms with van der Waals surface area (Å²) in [5.41, 5.74) is 1.98. The number of hydrogen-bond acceptors (Lipinski definition) is 3. The normalized spacial score (nSPS) is 29.1. The molecule has 6 heteroatoms. The van der Waals surface area contributed by atoms with E-state index in [4.69, 9.17) is 4.74 Å². The predicted molar refractivity (Wildman–Crippen MR) is 94.6 cm³/mol. The smallest absolute Gasteiger partial charge is 0.159 e. The number of nitrogens with zero attached hydrogens (tertiary/aromatic N) is 3. The van der Waals surface area contributed by atoms with Crippen LogP contribution in [0, 0.1) is 30.4 Å². The van der Waals surface area contributed by atoms with Crippen LogP contribution in [0.15, 0.2) is 30.6 Å². The summed E-state index contributed by atoms with van der Waals surface area (Å²) >= 11 is 0. The van der Waals surface area contributed by atoms with Crippen LogP contribution in [0.25, 0.3) is 0 Å². The molecule has 4 rings (SSSR count).